The summed E-state index contributed by atoms with van der Waals surface area (Å²) in [4.78, 5) is 9.35. The Morgan fingerprint density at radius 1 is 1.04 bits per heavy atom. The number of nitrogens with zero attached hydrogens (tertiary/aromatic N) is 3. The summed E-state index contributed by atoms with van der Waals surface area (Å²) in [5.41, 5.74) is 9.79. The molecule has 1 unspecified atom stereocenters. The van der Waals surface area contributed by atoms with Crippen LogP contribution in [0.25, 0.3) is 27.8 Å². The van der Waals surface area contributed by atoms with E-state index in [9.17, 15) is 4.55 Å². The number of rotatable bonds is 6. The standard InChI is InChI=1S/C21H20N4O2S/c22-20-19-18(15-5-2-1-3-6-15)13-25(21(19)24-14-23-20)16-7-9-17(10-8-16)28(27)12-4-11-26/h1-3,5-10,13-14,26H,4,11-12H2,(H2,22,23,24). The molecule has 0 saturated heterocycles. The van der Waals surface area contributed by atoms with Crippen molar-refractivity contribution in [3.8, 4) is 16.8 Å². The Labute approximate surface area is 165 Å². The molecule has 0 amide bonds. The van der Waals surface area contributed by atoms with Crippen LogP contribution in [-0.4, -0.2) is 36.6 Å². The fourth-order valence-electron chi connectivity index (χ4n) is 3.19. The summed E-state index contributed by atoms with van der Waals surface area (Å²) in [7, 11) is 0. The highest BCUT2D eigenvalue weighted by Gasteiger charge is 2.17. The van der Waals surface area contributed by atoms with Crippen LogP contribution < -0.4 is 5.73 Å². The van der Waals surface area contributed by atoms with Crippen molar-refractivity contribution in [1.29, 1.82) is 0 Å². The summed E-state index contributed by atoms with van der Waals surface area (Å²) in [5, 5.41) is 9.72. The van der Waals surface area contributed by atoms with Crippen molar-refractivity contribution >= 4 is 28.0 Å². The normalized spacial score (nSPS) is 12.4. The van der Waals surface area contributed by atoms with E-state index in [4.69, 9.17) is 10.8 Å². The third-order valence-corrected chi connectivity index (χ3v) is 6.02. The van der Waals surface area contributed by atoms with E-state index in [2.05, 4.69) is 9.97 Å². The molecular formula is C21H20N4O2S. The van der Waals surface area contributed by atoms with Crippen LogP contribution in [0.3, 0.4) is 0 Å². The Balaban J connectivity index is 1.78. The number of nitrogen functional groups attached to an aromatic ring is 1. The minimum absolute atomic E-state index is 0.0442. The molecule has 4 rings (SSSR count). The van der Waals surface area contributed by atoms with Crippen molar-refractivity contribution in [2.24, 2.45) is 0 Å². The first-order valence-electron chi connectivity index (χ1n) is 8.95. The van der Waals surface area contributed by atoms with Gasteiger partial charge >= 0.3 is 0 Å². The number of aliphatic hydroxyl groups is 1. The first-order valence-corrected chi connectivity index (χ1v) is 10.3. The zero-order valence-electron chi connectivity index (χ0n) is 15.2. The summed E-state index contributed by atoms with van der Waals surface area (Å²) < 4.78 is 14.2. The number of anilines is 1. The van der Waals surface area contributed by atoms with Crippen molar-refractivity contribution in [3.05, 3.63) is 67.1 Å². The van der Waals surface area contributed by atoms with E-state index in [1.807, 2.05) is 65.4 Å². The van der Waals surface area contributed by atoms with E-state index in [0.29, 0.717) is 18.0 Å². The number of hydrogen-bond acceptors (Lipinski definition) is 5. The number of benzene rings is 2. The number of hydrogen-bond donors (Lipinski definition) is 2. The summed E-state index contributed by atoms with van der Waals surface area (Å²) in [6, 6.07) is 17.5. The second-order valence-corrected chi connectivity index (χ2v) is 7.93. The fourth-order valence-corrected chi connectivity index (χ4v) is 4.26. The molecule has 28 heavy (non-hydrogen) atoms. The zero-order valence-corrected chi connectivity index (χ0v) is 16.0. The average molecular weight is 392 g/mol. The van der Waals surface area contributed by atoms with Gasteiger partial charge in [0.2, 0.25) is 0 Å². The summed E-state index contributed by atoms with van der Waals surface area (Å²) >= 11 is -1.12. The summed E-state index contributed by atoms with van der Waals surface area (Å²) in [6.07, 6.45) is 3.98. The molecule has 2 heterocycles. The zero-order chi connectivity index (χ0) is 19.5. The van der Waals surface area contributed by atoms with E-state index < -0.39 is 11.2 Å². The lowest BCUT2D eigenvalue weighted by Gasteiger charge is -2.11. The first kappa shape index (κ1) is 18.5. The van der Waals surface area contributed by atoms with Gasteiger partial charge < -0.3 is 20.0 Å². The molecule has 1 atom stereocenters. The molecule has 0 saturated carbocycles. The SMILES string of the molecule is Nc1ncnc2c1c(-c1ccccc1)cn2-c1ccc([S+]([O-])CCCO)cc1. The second kappa shape index (κ2) is 8.02. The Hall–Kier alpha value is -2.87. The summed E-state index contributed by atoms with van der Waals surface area (Å²) in [6.45, 7) is 0.0442. The third-order valence-electron chi connectivity index (χ3n) is 4.56. The van der Waals surface area contributed by atoms with Gasteiger partial charge in [-0.1, -0.05) is 30.3 Å². The van der Waals surface area contributed by atoms with Crippen LogP contribution in [0.4, 0.5) is 5.82 Å². The fraction of sp³-hybridized carbons (Fsp3) is 0.143. The van der Waals surface area contributed by atoms with Crippen LogP contribution >= 0.6 is 0 Å². The molecule has 0 bridgehead atoms. The molecule has 0 radical (unpaired) electrons. The smallest absolute Gasteiger partial charge is 0.152 e. The van der Waals surface area contributed by atoms with Gasteiger partial charge in [-0.15, -0.1) is 0 Å². The molecule has 4 aromatic rings. The van der Waals surface area contributed by atoms with Crippen LogP contribution in [0, 0.1) is 0 Å². The molecule has 0 aliphatic heterocycles. The quantitative estimate of drug-likeness (QED) is 0.491. The topological polar surface area (TPSA) is 100 Å². The molecule has 0 aliphatic rings. The largest absolute Gasteiger partial charge is 0.611 e. The molecule has 0 fully saturated rings. The van der Waals surface area contributed by atoms with Crippen LogP contribution in [0.5, 0.6) is 0 Å². The van der Waals surface area contributed by atoms with Crippen LogP contribution in [0.2, 0.25) is 0 Å². The highest BCUT2D eigenvalue weighted by atomic mass is 32.2. The predicted octanol–water partition coefficient (Wildman–Crippen LogP) is 3.16. The first-order chi connectivity index (χ1) is 13.7. The van der Waals surface area contributed by atoms with Gasteiger partial charge in [0, 0.05) is 30.5 Å². The van der Waals surface area contributed by atoms with Crippen LogP contribution in [0.1, 0.15) is 6.42 Å². The van der Waals surface area contributed by atoms with Gasteiger partial charge in [0.05, 0.1) is 5.39 Å². The molecule has 0 spiro atoms. The molecular weight excluding hydrogens is 372 g/mol. The maximum Gasteiger partial charge on any atom is 0.152 e. The Bertz CT molecular complexity index is 1080. The number of aromatic nitrogens is 3. The molecule has 142 valence electrons. The van der Waals surface area contributed by atoms with Crippen molar-refractivity contribution in [1.82, 2.24) is 14.5 Å². The lowest BCUT2D eigenvalue weighted by Crippen LogP contribution is -2.08. The maximum absolute atomic E-state index is 12.3. The Kier molecular flexibility index (Phi) is 5.29. The van der Waals surface area contributed by atoms with Gasteiger partial charge in [0.25, 0.3) is 0 Å². The molecule has 2 aromatic carbocycles. The van der Waals surface area contributed by atoms with Gasteiger partial charge in [0.15, 0.2) is 10.5 Å². The number of fused-ring (bicyclic) bond motifs is 1. The maximum atomic E-state index is 12.3. The molecule has 6 nitrogen and oxygen atoms in total. The predicted molar refractivity (Wildman–Crippen MR) is 112 cm³/mol. The van der Waals surface area contributed by atoms with Crippen LogP contribution in [0.15, 0.2) is 72.0 Å². The van der Waals surface area contributed by atoms with Gasteiger partial charge in [-0.3, -0.25) is 0 Å². The van der Waals surface area contributed by atoms with Gasteiger partial charge in [0.1, 0.15) is 17.9 Å². The Morgan fingerprint density at radius 2 is 1.79 bits per heavy atom. The monoisotopic (exact) mass is 392 g/mol. The Morgan fingerprint density at radius 3 is 2.50 bits per heavy atom. The van der Waals surface area contributed by atoms with E-state index in [1.165, 1.54) is 6.33 Å². The van der Waals surface area contributed by atoms with Gasteiger partial charge in [-0.2, -0.15) is 0 Å². The van der Waals surface area contributed by atoms with Gasteiger partial charge in [-0.05, 0) is 41.0 Å². The summed E-state index contributed by atoms with van der Waals surface area (Å²) in [5.74, 6) is 0.883. The lowest BCUT2D eigenvalue weighted by atomic mass is 10.1. The molecule has 2 aromatic heterocycles. The van der Waals surface area contributed by atoms with E-state index >= 15 is 0 Å². The van der Waals surface area contributed by atoms with Crippen molar-refractivity contribution in [2.45, 2.75) is 11.3 Å². The molecule has 3 N–H and O–H groups in total. The minimum Gasteiger partial charge on any atom is -0.611 e. The highest BCUT2D eigenvalue weighted by molar-refractivity contribution is 7.91. The van der Waals surface area contributed by atoms with Gasteiger partial charge in [-0.25, -0.2) is 9.97 Å². The lowest BCUT2D eigenvalue weighted by molar-refractivity contribution is 0.295. The molecule has 0 aliphatic carbocycles. The number of aliphatic hydroxyl groups excluding tert-OH is 1. The van der Waals surface area contributed by atoms with E-state index in [1.54, 1.807) is 0 Å². The third kappa shape index (κ3) is 3.47. The highest BCUT2D eigenvalue weighted by Crippen LogP contribution is 2.34. The minimum atomic E-state index is -1.12. The second-order valence-electron chi connectivity index (χ2n) is 6.36. The van der Waals surface area contributed by atoms with Crippen molar-refractivity contribution < 1.29 is 9.66 Å². The van der Waals surface area contributed by atoms with E-state index in [-0.39, 0.29) is 6.61 Å². The van der Waals surface area contributed by atoms with Crippen LogP contribution in [-0.2, 0) is 11.2 Å². The van der Waals surface area contributed by atoms with Crippen molar-refractivity contribution in [3.63, 3.8) is 0 Å². The number of nitrogens with two attached hydrogens (primary N) is 1. The van der Waals surface area contributed by atoms with Crippen molar-refractivity contribution in [2.75, 3.05) is 18.1 Å². The average Bonchev–Trinajstić information content (AvgIpc) is 3.14. The van der Waals surface area contributed by atoms with E-state index in [0.717, 1.165) is 32.7 Å². The molecule has 7 heteroatoms.